The highest BCUT2D eigenvalue weighted by Crippen LogP contribution is 2.08. The number of aryl methyl sites for hydroxylation is 1. The lowest BCUT2D eigenvalue weighted by Gasteiger charge is -2.07. The first-order chi connectivity index (χ1) is 8.54. The molecule has 0 aliphatic heterocycles. The second kappa shape index (κ2) is 7.05. The molecule has 0 saturated carbocycles. The van der Waals surface area contributed by atoms with Crippen molar-refractivity contribution < 1.29 is 13.7 Å². The molecule has 0 amide bonds. The van der Waals surface area contributed by atoms with Gasteiger partial charge >= 0.3 is 5.97 Å². The van der Waals surface area contributed by atoms with Crippen molar-refractivity contribution >= 4 is 22.7 Å². The Morgan fingerprint density at radius 2 is 2.28 bits per heavy atom. The number of carbonyl (C=O) groups excluding carboxylic acids is 1. The first-order valence-corrected chi connectivity index (χ1v) is 7.32. The molecular formula is C11H17N3O3S. The zero-order valence-electron chi connectivity index (χ0n) is 10.7. The maximum absolute atomic E-state index is 11.5. The van der Waals surface area contributed by atoms with E-state index < -0.39 is 16.8 Å². The molecule has 1 heterocycles. The molecule has 1 rings (SSSR count). The van der Waals surface area contributed by atoms with Crippen LogP contribution in [0.15, 0.2) is 6.20 Å². The molecule has 1 atom stereocenters. The van der Waals surface area contributed by atoms with E-state index in [0.29, 0.717) is 36.1 Å². The molecule has 0 aromatic carbocycles. The molecule has 1 aromatic heterocycles. The van der Waals surface area contributed by atoms with Gasteiger partial charge < -0.3 is 10.1 Å². The van der Waals surface area contributed by atoms with Crippen molar-refractivity contribution in [3.63, 3.8) is 0 Å². The van der Waals surface area contributed by atoms with Crippen molar-refractivity contribution in [1.29, 1.82) is 0 Å². The van der Waals surface area contributed by atoms with Gasteiger partial charge in [-0.15, -0.1) is 0 Å². The van der Waals surface area contributed by atoms with E-state index in [-0.39, 0.29) is 0 Å². The Bertz CT molecular complexity index is 451. The highest BCUT2D eigenvalue weighted by Gasteiger charge is 2.12. The van der Waals surface area contributed by atoms with Crippen molar-refractivity contribution in [2.75, 3.05) is 30.5 Å². The lowest BCUT2D eigenvalue weighted by atomic mass is 10.2. The van der Waals surface area contributed by atoms with Gasteiger partial charge in [0.25, 0.3) is 0 Å². The minimum absolute atomic E-state index is 0.320. The minimum Gasteiger partial charge on any atom is -0.462 e. The second-order valence-corrected chi connectivity index (χ2v) is 5.17. The zero-order chi connectivity index (χ0) is 13.5. The molecule has 1 N–H and O–H groups in total. The van der Waals surface area contributed by atoms with Crippen molar-refractivity contribution in [3.05, 3.63) is 17.5 Å². The van der Waals surface area contributed by atoms with Gasteiger partial charge in [0.15, 0.2) is 0 Å². The number of carbonyl (C=O) groups is 1. The quantitative estimate of drug-likeness (QED) is 0.769. The molecule has 100 valence electrons. The van der Waals surface area contributed by atoms with Crippen LogP contribution in [0, 0.1) is 6.92 Å². The van der Waals surface area contributed by atoms with Crippen LogP contribution in [0.3, 0.4) is 0 Å². The molecule has 0 aliphatic rings. The van der Waals surface area contributed by atoms with Crippen molar-refractivity contribution in [2.24, 2.45) is 0 Å². The average molecular weight is 271 g/mol. The van der Waals surface area contributed by atoms with Crippen LogP contribution >= 0.6 is 0 Å². The minimum atomic E-state index is -0.851. The monoisotopic (exact) mass is 271 g/mol. The first kappa shape index (κ1) is 14.6. The summed E-state index contributed by atoms with van der Waals surface area (Å²) in [7, 11) is -0.851. The maximum Gasteiger partial charge on any atom is 0.341 e. The summed E-state index contributed by atoms with van der Waals surface area (Å²) < 4.78 is 15.8. The summed E-state index contributed by atoms with van der Waals surface area (Å²) in [6.45, 7) is 4.31. The van der Waals surface area contributed by atoms with Gasteiger partial charge in [0.2, 0.25) is 5.95 Å². The predicted octanol–water partition coefficient (Wildman–Crippen LogP) is 0.752. The van der Waals surface area contributed by atoms with E-state index in [1.807, 2.05) is 0 Å². The zero-order valence-corrected chi connectivity index (χ0v) is 11.5. The van der Waals surface area contributed by atoms with Crippen LogP contribution < -0.4 is 5.32 Å². The number of nitrogens with zero attached hydrogens (tertiary/aromatic N) is 2. The number of nitrogens with one attached hydrogen (secondary N) is 1. The van der Waals surface area contributed by atoms with Gasteiger partial charge in [-0.2, -0.15) is 0 Å². The Kier molecular flexibility index (Phi) is 5.70. The van der Waals surface area contributed by atoms with Crippen molar-refractivity contribution in [2.45, 2.75) is 13.8 Å². The predicted molar refractivity (Wildman–Crippen MR) is 70.1 cm³/mol. The molecule has 1 aromatic rings. The molecule has 1 unspecified atom stereocenters. The highest BCUT2D eigenvalue weighted by atomic mass is 32.2. The van der Waals surface area contributed by atoms with E-state index in [2.05, 4.69) is 15.3 Å². The van der Waals surface area contributed by atoms with Gasteiger partial charge in [0.05, 0.1) is 17.9 Å². The van der Waals surface area contributed by atoms with Crippen LogP contribution in [0.2, 0.25) is 0 Å². The summed E-state index contributed by atoms with van der Waals surface area (Å²) in [4.78, 5) is 19.7. The topological polar surface area (TPSA) is 81.2 Å². The van der Waals surface area contributed by atoms with Crippen LogP contribution in [0.5, 0.6) is 0 Å². The Morgan fingerprint density at radius 1 is 1.56 bits per heavy atom. The molecular weight excluding hydrogens is 254 g/mol. The number of aromatic nitrogens is 2. The van der Waals surface area contributed by atoms with Crippen LogP contribution in [-0.4, -0.2) is 45.3 Å². The van der Waals surface area contributed by atoms with E-state index in [1.165, 1.54) is 6.20 Å². The smallest absolute Gasteiger partial charge is 0.341 e. The highest BCUT2D eigenvalue weighted by molar-refractivity contribution is 7.84. The lowest BCUT2D eigenvalue weighted by molar-refractivity contribution is 0.0524. The Morgan fingerprint density at radius 3 is 2.83 bits per heavy atom. The van der Waals surface area contributed by atoms with Crippen molar-refractivity contribution in [3.8, 4) is 0 Å². The third-order valence-electron chi connectivity index (χ3n) is 2.15. The van der Waals surface area contributed by atoms with E-state index in [4.69, 9.17) is 4.74 Å². The summed E-state index contributed by atoms with van der Waals surface area (Å²) in [5, 5.41) is 2.95. The fourth-order valence-corrected chi connectivity index (χ4v) is 1.66. The molecule has 0 fully saturated rings. The average Bonchev–Trinajstić information content (AvgIpc) is 2.28. The van der Waals surface area contributed by atoms with Gasteiger partial charge in [0.1, 0.15) is 0 Å². The summed E-state index contributed by atoms with van der Waals surface area (Å²) in [5.74, 6) is 0.532. The molecule has 0 bridgehead atoms. The standard InChI is InChI=1S/C11H17N3O3S/c1-4-17-10(15)9-7-13-11(14-8(9)2)12-5-6-18(3)16/h7H,4-6H2,1-3H3,(H,12,13,14). The molecule has 18 heavy (non-hydrogen) atoms. The summed E-state index contributed by atoms with van der Waals surface area (Å²) in [5.41, 5.74) is 0.921. The van der Waals surface area contributed by atoms with Gasteiger partial charge in [-0.25, -0.2) is 14.8 Å². The third kappa shape index (κ3) is 4.40. The van der Waals surface area contributed by atoms with Gasteiger partial charge in [-0.05, 0) is 13.8 Å². The largest absolute Gasteiger partial charge is 0.462 e. The van der Waals surface area contributed by atoms with Crippen LogP contribution in [0.1, 0.15) is 23.0 Å². The fourth-order valence-electron chi connectivity index (χ4n) is 1.27. The Labute approximate surface area is 109 Å². The summed E-state index contributed by atoms with van der Waals surface area (Å²) >= 11 is 0. The third-order valence-corrected chi connectivity index (χ3v) is 2.93. The van der Waals surface area contributed by atoms with Crippen LogP contribution in [0.25, 0.3) is 0 Å². The van der Waals surface area contributed by atoms with Crippen molar-refractivity contribution in [1.82, 2.24) is 9.97 Å². The number of hydrogen-bond donors (Lipinski definition) is 1. The first-order valence-electron chi connectivity index (χ1n) is 5.59. The van der Waals surface area contributed by atoms with Gasteiger partial charge in [0, 0.05) is 35.5 Å². The van der Waals surface area contributed by atoms with E-state index in [9.17, 15) is 9.00 Å². The van der Waals surface area contributed by atoms with Gasteiger partial charge in [-0.3, -0.25) is 4.21 Å². The Balaban J connectivity index is 2.67. The molecule has 0 spiro atoms. The maximum atomic E-state index is 11.5. The summed E-state index contributed by atoms with van der Waals surface area (Å²) in [6.07, 6.45) is 3.07. The number of ether oxygens (including phenoxy) is 1. The van der Waals surface area contributed by atoms with Gasteiger partial charge in [-0.1, -0.05) is 0 Å². The molecule has 0 aliphatic carbocycles. The Hall–Kier alpha value is -1.50. The van der Waals surface area contributed by atoms with Crippen LogP contribution in [0.4, 0.5) is 5.95 Å². The number of anilines is 1. The SMILES string of the molecule is CCOC(=O)c1cnc(NCCS(C)=O)nc1C. The molecule has 0 radical (unpaired) electrons. The lowest BCUT2D eigenvalue weighted by Crippen LogP contribution is -2.14. The van der Waals surface area contributed by atoms with E-state index in [1.54, 1.807) is 20.1 Å². The van der Waals surface area contributed by atoms with Crippen LogP contribution in [-0.2, 0) is 15.5 Å². The molecule has 7 heteroatoms. The number of rotatable bonds is 6. The molecule has 6 nitrogen and oxygen atoms in total. The fraction of sp³-hybridized carbons (Fsp3) is 0.545. The number of esters is 1. The second-order valence-electron chi connectivity index (χ2n) is 3.62. The summed E-state index contributed by atoms with van der Waals surface area (Å²) in [6, 6.07) is 0. The van der Waals surface area contributed by atoms with E-state index >= 15 is 0 Å². The normalized spacial score (nSPS) is 11.9. The van der Waals surface area contributed by atoms with E-state index in [0.717, 1.165) is 0 Å². The number of hydrogen-bond acceptors (Lipinski definition) is 6. The molecule has 0 saturated heterocycles.